The lowest BCUT2D eigenvalue weighted by Gasteiger charge is -2.27. The van der Waals surface area contributed by atoms with Gasteiger partial charge in [0, 0.05) is 42.0 Å². The topological polar surface area (TPSA) is 88.2 Å². The highest BCUT2D eigenvalue weighted by Gasteiger charge is 2.19. The summed E-state index contributed by atoms with van der Waals surface area (Å²) in [4.78, 5) is 8.37. The molecular weight excluding hydrogens is 437 g/mol. The molecule has 2 aromatic rings. The molecule has 0 atom stereocenters. The van der Waals surface area contributed by atoms with Crippen LogP contribution in [-0.2, 0) is 0 Å². The third-order valence-corrected chi connectivity index (χ3v) is 4.28. The number of piperidine rings is 1. The molecule has 1 aliphatic heterocycles. The van der Waals surface area contributed by atoms with E-state index in [0.717, 1.165) is 25.9 Å². The van der Waals surface area contributed by atoms with E-state index in [1.807, 2.05) is 0 Å². The van der Waals surface area contributed by atoms with Crippen LogP contribution in [0.25, 0.3) is 0 Å². The lowest BCUT2D eigenvalue weighted by molar-refractivity contribution is -0.0528. The van der Waals surface area contributed by atoms with Gasteiger partial charge in [-0.05, 0) is 12.8 Å². The summed E-state index contributed by atoms with van der Waals surface area (Å²) < 4.78 is 36.5. The van der Waals surface area contributed by atoms with Crippen molar-refractivity contribution in [3.63, 3.8) is 0 Å². The summed E-state index contributed by atoms with van der Waals surface area (Å²) in [6, 6.07) is 1.30. The molecule has 0 amide bonds. The van der Waals surface area contributed by atoms with E-state index >= 15 is 0 Å². The second kappa shape index (κ2) is 7.88. The molecule has 24 heavy (non-hydrogen) atoms. The fraction of sp³-hybridized carbons (Fsp3) is 0.462. The third kappa shape index (κ3) is 4.87. The molecule has 2 aromatic heterocycles. The van der Waals surface area contributed by atoms with Crippen LogP contribution in [0.5, 0.6) is 11.8 Å². The monoisotopic (exact) mass is 452 g/mol. The lowest BCUT2D eigenvalue weighted by Crippen LogP contribution is -2.32. The second-order valence-electron chi connectivity index (χ2n) is 5.09. The van der Waals surface area contributed by atoms with Crippen LogP contribution in [0.4, 0.5) is 20.4 Å². The van der Waals surface area contributed by atoms with Crippen LogP contribution in [0.2, 0.25) is 0 Å². The molecule has 11 heteroatoms. The lowest BCUT2D eigenvalue weighted by atomic mass is 10.1. The van der Waals surface area contributed by atoms with E-state index < -0.39 is 6.61 Å². The van der Waals surface area contributed by atoms with Crippen molar-refractivity contribution in [3.05, 3.63) is 18.5 Å². The van der Waals surface area contributed by atoms with Crippen molar-refractivity contribution in [2.45, 2.75) is 25.6 Å². The molecule has 0 radical (unpaired) electrons. The minimum atomic E-state index is -2.92. The average Bonchev–Trinajstić information content (AvgIpc) is 2.96. The van der Waals surface area contributed by atoms with Gasteiger partial charge in [-0.25, -0.2) is 3.11 Å². The first-order valence-electron chi connectivity index (χ1n) is 7.25. The molecule has 0 bridgehead atoms. The Bertz CT molecular complexity index is 665. The molecular formula is C13H15F2IN6O2. The second-order valence-corrected chi connectivity index (χ2v) is 6.46. The number of hydrogen-bond donors (Lipinski definition) is 2. The van der Waals surface area contributed by atoms with Crippen LogP contribution in [-0.4, -0.2) is 49.1 Å². The Kier molecular flexibility index (Phi) is 5.60. The highest BCUT2D eigenvalue weighted by molar-refractivity contribution is 14.1. The molecule has 3 rings (SSSR count). The van der Waals surface area contributed by atoms with E-state index in [-0.39, 0.29) is 12.0 Å². The van der Waals surface area contributed by atoms with Gasteiger partial charge in [0.25, 0.3) is 0 Å². The van der Waals surface area contributed by atoms with E-state index in [0.29, 0.717) is 17.5 Å². The largest absolute Gasteiger partial charge is 0.473 e. The zero-order valence-electron chi connectivity index (χ0n) is 12.5. The van der Waals surface area contributed by atoms with Gasteiger partial charge >= 0.3 is 6.61 Å². The van der Waals surface area contributed by atoms with Gasteiger partial charge in [-0.3, -0.25) is 10.1 Å². The molecule has 0 spiro atoms. The number of aromatic nitrogens is 4. The Labute approximate surface area is 150 Å². The molecule has 8 nitrogen and oxygen atoms in total. The van der Waals surface area contributed by atoms with Gasteiger partial charge in [0.05, 0.1) is 12.4 Å². The number of H-pyrrole nitrogens is 1. The van der Waals surface area contributed by atoms with Gasteiger partial charge in [-0.1, -0.05) is 0 Å². The highest BCUT2D eigenvalue weighted by Crippen LogP contribution is 2.22. The van der Waals surface area contributed by atoms with Gasteiger partial charge in [-0.15, -0.1) is 5.10 Å². The minimum absolute atomic E-state index is 0.110. The number of ether oxygens (including phenoxy) is 2. The maximum absolute atomic E-state index is 12.1. The van der Waals surface area contributed by atoms with Crippen molar-refractivity contribution in [1.29, 1.82) is 0 Å². The van der Waals surface area contributed by atoms with Gasteiger partial charge in [0.2, 0.25) is 11.8 Å². The van der Waals surface area contributed by atoms with Crippen molar-refractivity contribution in [1.82, 2.24) is 23.3 Å². The summed E-state index contributed by atoms with van der Waals surface area (Å²) >= 11 is 2.30. The van der Waals surface area contributed by atoms with Crippen LogP contribution >= 0.6 is 22.9 Å². The van der Waals surface area contributed by atoms with Gasteiger partial charge < -0.3 is 14.8 Å². The number of halogens is 3. The molecule has 0 aromatic carbocycles. The summed E-state index contributed by atoms with van der Waals surface area (Å²) in [6.45, 7) is -0.985. The zero-order chi connectivity index (χ0) is 16.9. The van der Waals surface area contributed by atoms with Crippen molar-refractivity contribution < 1.29 is 18.3 Å². The fourth-order valence-corrected chi connectivity index (χ4v) is 2.79. The predicted octanol–water partition coefficient (Wildman–Crippen LogP) is 2.74. The van der Waals surface area contributed by atoms with Crippen molar-refractivity contribution in [2.75, 3.05) is 18.4 Å². The molecule has 1 fully saturated rings. The maximum Gasteiger partial charge on any atom is 0.388 e. The first-order chi connectivity index (χ1) is 11.6. The molecule has 0 saturated carbocycles. The standard InChI is InChI=1S/C13H15F2IN6O2/c14-13(15)24-11-5-9(20-21-11)18-10-6-17-7-12(19-10)23-8-1-3-22(16)4-2-8/h5-8,13H,1-4H2,(H2,18,19,20,21). The Morgan fingerprint density at radius 2 is 2.08 bits per heavy atom. The minimum Gasteiger partial charge on any atom is -0.473 e. The molecule has 0 unspecified atom stereocenters. The number of nitrogens with zero attached hydrogens (tertiary/aromatic N) is 4. The van der Waals surface area contributed by atoms with Gasteiger partial charge in [-0.2, -0.15) is 13.8 Å². The van der Waals surface area contributed by atoms with Crippen LogP contribution < -0.4 is 14.8 Å². The Hall–Kier alpha value is -1.76. The van der Waals surface area contributed by atoms with E-state index in [1.165, 1.54) is 12.3 Å². The molecule has 0 aliphatic carbocycles. The third-order valence-electron chi connectivity index (χ3n) is 3.31. The molecule has 1 saturated heterocycles. The normalized spacial score (nSPS) is 16.3. The van der Waals surface area contributed by atoms with Gasteiger partial charge in [0.1, 0.15) is 11.9 Å². The SMILES string of the molecule is FC(F)Oc1cc(Nc2cncc(OC3CCN(I)CC3)n2)[nH]n1. The van der Waals surface area contributed by atoms with Crippen LogP contribution in [0.3, 0.4) is 0 Å². The Morgan fingerprint density at radius 3 is 2.83 bits per heavy atom. The number of anilines is 2. The number of alkyl halides is 2. The molecule has 130 valence electrons. The molecule has 1 aliphatic rings. The van der Waals surface area contributed by atoms with Crippen molar-refractivity contribution in [2.24, 2.45) is 0 Å². The summed E-state index contributed by atoms with van der Waals surface area (Å²) in [5.74, 6) is 0.968. The smallest absolute Gasteiger partial charge is 0.388 e. The van der Waals surface area contributed by atoms with E-state index in [9.17, 15) is 8.78 Å². The Morgan fingerprint density at radius 1 is 1.29 bits per heavy atom. The number of hydrogen-bond acceptors (Lipinski definition) is 7. The van der Waals surface area contributed by atoms with Gasteiger partial charge in [0.15, 0.2) is 5.82 Å². The van der Waals surface area contributed by atoms with E-state index in [4.69, 9.17) is 4.74 Å². The number of aromatic amines is 1. The van der Waals surface area contributed by atoms with E-state index in [1.54, 1.807) is 6.20 Å². The van der Waals surface area contributed by atoms with Crippen LogP contribution in [0, 0.1) is 0 Å². The summed E-state index contributed by atoms with van der Waals surface area (Å²) in [5.41, 5.74) is 0. The molecule has 2 N–H and O–H groups in total. The first kappa shape index (κ1) is 17.1. The maximum atomic E-state index is 12.1. The fourth-order valence-electron chi connectivity index (χ4n) is 2.23. The first-order valence-corrected chi connectivity index (χ1v) is 8.21. The number of nitrogens with one attached hydrogen (secondary N) is 2. The van der Waals surface area contributed by atoms with Crippen LogP contribution in [0.15, 0.2) is 18.5 Å². The van der Waals surface area contributed by atoms with Crippen molar-refractivity contribution in [3.8, 4) is 11.8 Å². The molecule has 3 heterocycles. The zero-order valence-corrected chi connectivity index (χ0v) is 14.6. The van der Waals surface area contributed by atoms with Crippen molar-refractivity contribution >= 4 is 34.5 Å². The average molecular weight is 452 g/mol. The number of rotatable bonds is 6. The quantitative estimate of drug-likeness (QED) is 0.515. The van der Waals surface area contributed by atoms with Crippen LogP contribution in [0.1, 0.15) is 12.8 Å². The highest BCUT2D eigenvalue weighted by atomic mass is 127. The Balaban J connectivity index is 1.59. The van der Waals surface area contributed by atoms with E-state index in [2.05, 4.69) is 56.2 Å². The predicted molar refractivity (Wildman–Crippen MR) is 89.8 cm³/mol. The summed E-state index contributed by atoms with van der Waals surface area (Å²) in [7, 11) is 0. The summed E-state index contributed by atoms with van der Waals surface area (Å²) in [5, 5.41) is 9.01. The summed E-state index contributed by atoms with van der Waals surface area (Å²) in [6.07, 6.45) is 5.00.